The van der Waals surface area contributed by atoms with Crippen LogP contribution >= 0.6 is 0 Å². The fourth-order valence-electron chi connectivity index (χ4n) is 1.34. The van der Waals surface area contributed by atoms with Crippen LogP contribution in [0.5, 0.6) is 5.75 Å². The minimum absolute atomic E-state index is 0.0207. The molecule has 0 aliphatic carbocycles. The normalized spacial score (nSPS) is 21.5. The van der Waals surface area contributed by atoms with E-state index < -0.39 is 0 Å². The number of ether oxygens (including phenoxy) is 2. The van der Waals surface area contributed by atoms with Gasteiger partial charge in [-0.3, -0.25) is 0 Å². The lowest BCUT2D eigenvalue weighted by Gasteiger charge is -2.10. The summed E-state index contributed by atoms with van der Waals surface area (Å²) in [5, 5.41) is 0. The van der Waals surface area contributed by atoms with Crippen LogP contribution in [0.4, 0.5) is 0 Å². The Kier molecular flexibility index (Phi) is 2.47. The third kappa shape index (κ3) is 1.82. The van der Waals surface area contributed by atoms with Crippen LogP contribution in [0.3, 0.4) is 0 Å². The molecule has 13 heavy (non-hydrogen) atoms. The van der Waals surface area contributed by atoms with Gasteiger partial charge in [-0.15, -0.1) is 0 Å². The lowest BCUT2D eigenvalue weighted by atomic mass is 10.2. The average Bonchev–Trinajstić information content (AvgIpc) is 2.39. The lowest BCUT2D eigenvalue weighted by Crippen LogP contribution is -2.28. The molecule has 1 aromatic rings. The van der Waals surface area contributed by atoms with Crippen molar-refractivity contribution in [3.63, 3.8) is 0 Å². The molecule has 0 radical (unpaired) electrons. The third-order valence-electron chi connectivity index (χ3n) is 2.13. The summed E-state index contributed by atoms with van der Waals surface area (Å²) < 4.78 is 11.1. The van der Waals surface area contributed by atoms with Gasteiger partial charge < -0.3 is 15.2 Å². The minimum Gasteiger partial charge on any atom is -0.490 e. The van der Waals surface area contributed by atoms with Crippen LogP contribution < -0.4 is 10.5 Å². The van der Waals surface area contributed by atoms with Crippen LogP contribution in [0, 0.1) is 0 Å². The highest BCUT2D eigenvalue weighted by Gasteiger charge is 2.15. The van der Waals surface area contributed by atoms with Crippen LogP contribution in [0.1, 0.15) is 5.56 Å². The minimum atomic E-state index is 0.0207. The first-order valence-electron chi connectivity index (χ1n) is 4.42. The van der Waals surface area contributed by atoms with Crippen LogP contribution in [0.25, 0.3) is 0 Å². The summed E-state index contributed by atoms with van der Waals surface area (Å²) in [6.45, 7) is 1.65. The van der Waals surface area contributed by atoms with Crippen molar-refractivity contribution >= 4 is 0 Å². The molecule has 0 amide bonds. The quantitative estimate of drug-likeness (QED) is 0.697. The molecule has 70 valence electrons. The predicted octanol–water partition coefficient (Wildman–Crippen LogP) is 0.923. The predicted molar refractivity (Wildman–Crippen MR) is 49.6 cm³/mol. The highest BCUT2D eigenvalue weighted by atomic mass is 16.5. The van der Waals surface area contributed by atoms with Crippen LogP contribution in [0.2, 0.25) is 0 Å². The van der Waals surface area contributed by atoms with Crippen LogP contribution in [-0.2, 0) is 11.3 Å². The number of benzene rings is 1. The van der Waals surface area contributed by atoms with Gasteiger partial charge in [-0.25, -0.2) is 0 Å². The molecular weight excluding hydrogens is 166 g/mol. The van der Waals surface area contributed by atoms with Gasteiger partial charge in [0.2, 0.25) is 0 Å². The van der Waals surface area contributed by atoms with E-state index in [2.05, 4.69) is 0 Å². The molecule has 1 atom stereocenters. The molecule has 0 saturated carbocycles. The molecule has 0 fully saturated rings. The number of para-hydroxylation sites is 1. The van der Waals surface area contributed by atoms with Gasteiger partial charge in [0, 0.05) is 12.1 Å². The van der Waals surface area contributed by atoms with E-state index in [9.17, 15) is 0 Å². The van der Waals surface area contributed by atoms with E-state index in [1.54, 1.807) is 0 Å². The summed E-state index contributed by atoms with van der Waals surface area (Å²) in [4.78, 5) is 0. The second kappa shape index (κ2) is 3.77. The molecule has 0 bridgehead atoms. The average molecular weight is 179 g/mol. The molecule has 0 saturated heterocycles. The Morgan fingerprint density at radius 3 is 3.08 bits per heavy atom. The molecule has 3 heteroatoms. The van der Waals surface area contributed by atoms with E-state index in [4.69, 9.17) is 15.2 Å². The maximum Gasteiger partial charge on any atom is 0.124 e. The van der Waals surface area contributed by atoms with Gasteiger partial charge >= 0.3 is 0 Å². The zero-order chi connectivity index (χ0) is 9.10. The summed E-state index contributed by atoms with van der Waals surface area (Å²) in [6.07, 6.45) is 0.0207. The van der Waals surface area contributed by atoms with Crippen molar-refractivity contribution in [3.05, 3.63) is 29.8 Å². The van der Waals surface area contributed by atoms with Gasteiger partial charge in [0.25, 0.3) is 0 Å². The highest BCUT2D eigenvalue weighted by molar-refractivity contribution is 5.33. The van der Waals surface area contributed by atoms with E-state index in [0.29, 0.717) is 19.8 Å². The molecule has 1 aliphatic rings. The molecule has 0 aromatic heterocycles. The number of hydrogen-bond donors (Lipinski definition) is 1. The number of rotatable bonds is 1. The van der Waals surface area contributed by atoms with Crippen molar-refractivity contribution < 1.29 is 9.47 Å². The number of hydrogen-bond acceptors (Lipinski definition) is 3. The SMILES string of the molecule is NCC1COc2ccccc2CO1. The van der Waals surface area contributed by atoms with Crippen molar-refractivity contribution in [2.75, 3.05) is 13.2 Å². The first-order chi connectivity index (χ1) is 6.40. The monoisotopic (exact) mass is 179 g/mol. The smallest absolute Gasteiger partial charge is 0.124 e. The largest absolute Gasteiger partial charge is 0.490 e. The second-order valence-electron chi connectivity index (χ2n) is 3.09. The van der Waals surface area contributed by atoms with Crippen molar-refractivity contribution in [2.24, 2.45) is 5.73 Å². The standard InChI is InChI=1S/C10H13NO2/c11-5-9-7-13-10-4-2-1-3-8(10)6-12-9/h1-4,9H,5-7,11H2. The molecule has 2 rings (SSSR count). The number of nitrogens with two attached hydrogens (primary N) is 1. The van der Waals surface area contributed by atoms with Gasteiger partial charge in [-0.1, -0.05) is 18.2 Å². The third-order valence-corrected chi connectivity index (χ3v) is 2.13. The Bertz CT molecular complexity index is 261. The topological polar surface area (TPSA) is 44.5 Å². The molecule has 0 spiro atoms. The van der Waals surface area contributed by atoms with Crippen molar-refractivity contribution in [1.29, 1.82) is 0 Å². The molecule has 1 heterocycles. The fourth-order valence-corrected chi connectivity index (χ4v) is 1.34. The Morgan fingerprint density at radius 2 is 2.23 bits per heavy atom. The van der Waals surface area contributed by atoms with E-state index in [-0.39, 0.29) is 6.10 Å². The van der Waals surface area contributed by atoms with E-state index in [1.807, 2.05) is 24.3 Å². The van der Waals surface area contributed by atoms with Gasteiger partial charge in [0.15, 0.2) is 0 Å². The summed E-state index contributed by atoms with van der Waals surface area (Å²) >= 11 is 0. The highest BCUT2D eigenvalue weighted by Crippen LogP contribution is 2.22. The van der Waals surface area contributed by atoms with E-state index >= 15 is 0 Å². The molecule has 1 unspecified atom stereocenters. The first-order valence-corrected chi connectivity index (χ1v) is 4.42. The van der Waals surface area contributed by atoms with Gasteiger partial charge in [-0.2, -0.15) is 0 Å². The summed E-state index contributed by atoms with van der Waals surface area (Å²) in [7, 11) is 0. The van der Waals surface area contributed by atoms with Gasteiger partial charge in [0.1, 0.15) is 18.5 Å². The van der Waals surface area contributed by atoms with E-state index in [0.717, 1.165) is 11.3 Å². The Labute approximate surface area is 77.5 Å². The Hall–Kier alpha value is -1.06. The molecule has 2 N–H and O–H groups in total. The maximum absolute atomic E-state index is 5.55. The summed E-state index contributed by atoms with van der Waals surface area (Å²) in [6, 6.07) is 7.90. The van der Waals surface area contributed by atoms with E-state index in [1.165, 1.54) is 0 Å². The maximum atomic E-state index is 5.55. The zero-order valence-electron chi connectivity index (χ0n) is 7.40. The molecule has 3 nitrogen and oxygen atoms in total. The van der Waals surface area contributed by atoms with Crippen LogP contribution in [0.15, 0.2) is 24.3 Å². The lowest BCUT2D eigenvalue weighted by molar-refractivity contribution is 0.0294. The molecule has 1 aliphatic heterocycles. The Balaban J connectivity index is 2.17. The Morgan fingerprint density at radius 1 is 1.38 bits per heavy atom. The zero-order valence-corrected chi connectivity index (χ0v) is 7.40. The molecule has 1 aromatic carbocycles. The molecular formula is C10H13NO2. The van der Waals surface area contributed by atoms with Gasteiger partial charge in [-0.05, 0) is 6.07 Å². The summed E-state index contributed by atoms with van der Waals surface area (Å²) in [5.74, 6) is 0.915. The van der Waals surface area contributed by atoms with Crippen molar-refractivity contribution in [2.45, 2.75) is 12.7 Å². The van der Waals surface area contributed by atoms with Gasteiger partial charge in [0.05, 0.1) is 6.61 Å². The first kappa shape index (κ1) is 8.53. The summed E-state index contributed by atoms with van der Waals surface area (Å²) in [5.41, 5.74) is 6.60. The van der Waals surface area contributed by atoms with Crippen LogP contribution in [-0.4, -0.2) is 19.3 Å². The number of fused-ring (bicyclic) bond motifs is 1. The fraction of sp³-hybridized carbons (Fsp3) is 0.400. The second-order valence-corrected chi connectivity index (χ2v) is 3.09. The van der Waals surface area contributed by atoms with Crippen molar-refractivity contribution in [3.8, 4) is 5.75 Å². The van der Waals surface area contributed by atoms with Crippen molar-refractivity contribution in [1.82, 2.24) is 0 Å².